The Kier molecular flexibility index (Phi) is 3.70. The van der Waals surface area contributed by atoms with E-state index in [0.29, 0.717) is 11.4 Å². The molecule has 3 aromatic rings. The molecule has 0 fully saturated rings. The smallest absolute Gasteiger partial charge is 0.334 e. The van der Waals surface area contributed by atoms with Gasteiger partial charge in [0.05, 0.1) is 5.69 Å². The zero-order valence-electron chi connectivity index (χ0n) is 12.4. The number of nitrogens with zero attached hydrogens (tertiary/aromatic N) is 3. The van der Waals surface area contributed by atoms with Gasteiger partial charge in [-0.25, -0.2) is 9.53 Å². The first-order chi connectivity index (χ1) is 10.6. The molecule has 2 aromatic carbocycles. The molecule has 0 saturated carbocycles. The Bertz CT molecular complexity index is 859. The van der Waals surface area contributed by atoms with Gasteiger partial charge in [-0.15, -0.1) is 5.11 Å². The van der Waals surface area contributed by atoms with E-state index in [-0.39, 0.29) is 5.69 Å². The lowest BCUT2D eigenvalue weighted by atomic mass is 10.1. The van der Waals surface area contributed by atoms with Crippen LogP contribution in [0.5, 0.6) is 0 Å². The Morgan fingerprint density at radius 1 is 0.955 bits per heavy atom. The average Bonchev–Trinajstić information content (AvgIpc) is 2.81. The normalized spacial score (nSPS) is 11.2. The number of benzene rings is 2. The molecule has 1 heterocycles. The predicted octanol–water partition coefficient (Wildman–Crippen LogP) is 4.37. The van der Waals surface area contributed by atoms with Gasteiger partial charge in [0.2, 0.25) is 0 Å². The van der Waals surface area contributed by atoms with E-state index < -0.39 is 5.63 Å². The van der Waals surface area contributed by atoms with Crippen molar-refractivity contribution in [3.8, 4) is 11.3 Å². The van der Waals surface area contributed by atoms with Crippen LogP contribution in [0.2, 0.25) is 0 Å². The van der Waals surface area contributed by atoms with Crippen molar-refractivity contribution >= 4 is 11.4 Å². The molecule has 0 unspecified atom stereocenters. The second-order valence-electron chi connectivity index (χ2n) is 4.98. The van der Waals surface area contributed by atoms with Crippen LogP contribution in [-0.4, -0.2) is 4.74 Å². The molecule has 1 aromatic heterocycles. The minimum atomic E-state index is -0.503. The SMILES string of the molecule is Cc1ccc(N=Nc2c(-c3ccccc3)n(C)oc2=O)cc1. The number of aromatic nitrogens is 1. The summed E-state index contributed by atoms with van der Waals surface area (Å²) in [4.78, 5) is 12.0. The van der Waals surface area contributed by atoms with Crippen molar-refractivity contribution in [3.63, 3.8) is 0 Å². The van der Waals surface area contributed by atoms with E-state index in [1.807, 2.05) is 61.5 Å². The Hall–Kier alpha value is -2.95. The molecule has 0 amide bonds. The van der Waals surface area contributed by atoms with Gasteiger partial charge in [-0.05, 0) is 19.1 Å². The van der Waals surface area contributed by atoms with Crippen LogP contribution in [0.25, 0.3) is 11.3 Å². The number of aryl methyl sites for hydroxylation is 2. The van der Waals surface area contributed by atoms with Gasteiger partial charge in [-0.2, -0.15) is 5.11 Å². The lowest BCUT2D eigenvalue weighted by molar-refractivity contribution is 0.289. The Balaban J connectivity index is 2.04. The number of azo groups is 1. The first kappa shape index (κ1) is 14.0. The van der Waals surface area contributed by atoms with Crippen LogP contribution in [0.1, 0.15) is 5.56 Å². The molecule has 0 aliphatic carbocycles. The van der Waals surface area contributed by atoms with Crippen molar-refractivity contribution in [2.45, 2.75) is 6.92 Å². The maximum Gasteiger partial charge on any atom is 0.385 e. The van der Waals surface area contributed by atoms with Crippen molar-refractivity contribution in [2.24, 2.45) is 17.3 Å². The van der Waals surface area contributed by atoms with Crippen LogP contribution in [-0.2, 0) is 7.05 Å². The highest BCUT2D eigenvalue weighted by Crippen LogP contribution is 2.28. The molecule has 0 saturated heterocycles. The topological polar surface area (TPSA) is 59.9 Å². The first-order valence-corrected chi connectivity index (χ1v) is 6.89. The molecule has 0 aliphatic heterocycles. The summed E-state index contributed by atoms with van der Waals surface area (Å²) in [7, 11) is 1.68. The fraction of sp³-hybridized carbons (Fsp3) is 0.118. The van der Waals surface area contributed by atoms with Crippen molar-refractivity contribution in [2.75, 3.05) is 0 Å². The second kappa shape index (κ2) is 5.81. The minimum Gasteiger partial charge on any atom is -0.334 e. The van der Waals surface area contributed by atoms with E-state index in [1.165, 1.54) is 4.74 Å². The maximum absolute atomic E-state index is 12.0. The molecular weight excluding hydrogens is 278 g/mol. The Morgan fingerprint density at radius 3 is 2.32 bits per heavy atom. The summed E-state index contributed by atoms with van der Waals surface area (Å²) >= 11 is 0. The molecule has 5 heteroatoms. The highest BCUT2D eigenvalue weighted by molar-refractivity contribution is 5.71. The maximum atomic E-state index is 12.0. The van der Waals surface area contributed by atoms with Gasteiger partial charge in [-0.1, -0.05) is 48.0 Å². The zero-order chi connectivity index (χ0) is 15.5. The molecule has 22 heavy (non-hydrogen) atoms. The van der Waals surface area contributed by atoms with E-state index in [0.717, 1.165) is 11.1 Å². The summed E-state index contributed by atoms with van der Waals surface area (Å²) in [6, 6.07) is 17.1. The molecule has 0 spiro atoms. The zero-order valence-corrected chi connectivity index (χ0v) is 12.4. The van der Waals surface area contributed by atoms with Gasteiger partial charge in [0.25, 0.3) is 0 Å². The van der Waals surface area contributed by atoms with Crippen molar-refractivity contribution in [1.29, 1.82) is 0 Å². The van der Waals surface area contributed by atoms with E-state index in [1.54, 1.807) is 7.05 Å². The molecular formula is C17H15N3O2. The van der Waals surface area contributed by atoms with Gasteiger partial charge in [-0.3, -0.25) is 0 Å². The van der Waals surface area contributed by atoms with Gasteiger partial charge < -0.3 is 4.52 Å². The van der Waals surface area contributed by atoms with Gasteiger partial charge in [0.15, 0.2) is 5.69 Å². The fourth-order valence-corrected chi connectivity index (χ4v) is 2.18. The van der Waals surface area contributed by atoms with E-state index >= 15 is 0 Å². The third kappa shape index (κ3) is 2.74. The highest BCUT2D eigenvalue weighted by Gasteiger charge is 2.16. The average molecular weight is 293 g/mol. The Morgan fingerprint density at radius 2 is 1.64 bits per heavy atom. The summed E-state index contributed by atoms with van der Waals surface area (Å²) in [6.07, 6.45) is 0. The lowest BCUT2D eigenvalue weighted by Crippen LogP contribution is -1.91. The third-order valence-corrected chi connectivity index (χ3v) is 3.30. The number of rotatable bonds is 3. The van der Waals surface area contributed by atoms with Crippen LogP contribution in [0.15, 0.2) is 74.1 Å². The summed E-state index contributed by atoms with van der Waals surface area (Å²) in [5, 5.41) is 8.23. The van der Waals surface area contributed by atoms with Gasteiger partial charge >= 0.3 is 5.63 Å². The standard InChI is InChI=1S/C17H15N3O2/c1-12-8-10-14(11-9-12)18-19-15-16(20(2)22-17(15)21)13-6-4-3-5-7-13/h3-11H,1-2H3. The Labute approximate surface area is 127 Å². The van der Waals surface area contributed by atoms with Crippen molar-refractivity contribution in [3.05, 3.63) is 70.6 Å². The van der Waals surface area contributed by atoms with E-state index in [4.69, 9.17) is 4.52 Å². The van der Waals surface area contributed by atoms with Crippen LogP contribution < -0.4 is 5.63 Å². The highest BCUT2D eigenvalue weighted by atomic mass is 16.5. The summed E-state index contributed by atoms with van der Waals surface area (Å²) in [6.45, 7) is 2.00. The molecule has 110 valence electrons. The van der Waals surface area contributed by atoms with Crippen LogP contribution >= 0.6 is 0 Å². The molecule has 0 atom stereocenters. The molecule has 0 aliphatic rings. The molecule has 5 nitrogen and oxygen atoms in total. The predicted molar refractivity (Wildman–Crippen MR) is 84.7 cm³/mol. The number of hydrogen-bond acceptors (Lipinski definition) is 4. The summed E-state index contributed by atoms with van der Waals surface area (Å²) in [5.41, 5.74) is 3.00. The number of hydrogen-bond donors (Lipinski definition) is 0. The van der Waals surface area contributed by atoms with E-state index in [9.17, 15) is 4.79 Å². The van der Waals surface area contributed by atoms with Crippen molar-refractivity contribution in [1.82, 2.24) is 4.74 Å². The van der Waals surface area contributed by atoms with Crippen molar-refractivity contribution < 1.29 is 4.52 Å². The van der Waals surface area contributed by atoms with Crippen LogP contribution in [0.4, 0.5) is 11.4 Å². The third-order valence-electron chi connectivity index (χ3n) is 3.30. The molecule has 0 N–H and O–H groups in total. The summed E-state index contributed by atoms with van der Waals surface area (Å²) in [5.74, 6) is 0. The molecule has 3 rings (SSSR count). The largest absolute Gasteiger partial charge is 0.385 e. The first-order valence-electron chi connectivity index (χ1n) is 6.89. The van der Waals surface area contributed by atoms with Gasteiger partial charge in [0, 0.05) is 12.6 Å². The lowest BCUT2D eigenvalue weighted by Gasteiger charge is -2.01. The monoisotopic (exact) mass is 293 g/mol. The van der Waals surface area contributed by atoms with Crippen LogP contribution in [0, 0.1) is 6.92 Å². The fourth-order valence-electron chi connectivity index (χ4n) is 2.18. The minimum absolute atomic E-state index is 0.203. The van der Waals surface area contributed by atoms with Crippen LogP contribution in [0.3, 0.4) is 0 Å². The summed E-state index contributed by atoms with van der Waals surface area (Å²) < 4.78 is 6.53. The van der Waals surface area contributed by atoms with E-state index in [2.05, 4.69) is 10.2 Å². The molecule has 0 bridgehead atoms. The molecule has 0 radical (unpaired) electrons. The quantitative estimate of drug-likeness (QED) is 0.673. The van der Waals surface area contributed by atoms with Gasteiger partial charge in [0.1, 0.15) is 5.69 Å². The second-order valence-corrected chi connectivity index (χ2v) is 4.98.